The third-order valence-electron chi connectivity index (χ3n) is 4.39. The zero-order valence-corrected chi connectivity index (χ0v) is 9.59. The molecule has 4 bridgehead atoms. The van der Waals surface area contributed by atoms with Crippen LogP contribution in [-0.4, -0.2) is 34.6 Å². The highest BCUT2D eigenvalue weighted by molar-refractivity contribution is 5.11. The minimum Gasteiger partial charge on any atom is -0.308 e. The minimum atomic E-state index is 0.370. The number of fused-ring (bicyclic) bond motifs is 6. The Balaban J connectivity index is 1.94. The second-order valence-corrected chi connectivity index (χ2v) is 6.25. The molecule has 3 aliphatic heterocycles. The van der Waals surface area contributed by atoms with Gasteiger partial charge in [0.25, 0.3) is 0 Å². The molecule has 0 aromatic rings. The van der Waals surface area contributed by atoms with Gasteiger partial charge >= 0.3 is 0 Å². The van der Waals surface area contributed by atoms with Crippen LogP contribution in [0.2, 0.25) is 0 Å². The van der Waals surface area contributed by atoms with Crippen molar-refractivity contribution >= 4 is 0 Å². The van der Waals surface area contributed by atoms with Gasteiger partial charge in [-0.3, -0.25) is 4.90 Å². The zero-order valence-electron chi connectivity index (χ0n) is 9.59. The van der Waals surface area contributed by atoms with Crippen molar-refractivity contribution in [3.05, 3.63) is 0 Å². The van der Waals surface area contributed by atoms with Crippen LogP contribution in [0, 0.1) is 0 Å². The number of piperazine rings is 1. The zero-order chi connectivity index (χ0) is 9.92. The molecule has 3 rings (SSSR count). The normalized spacial score (nSPS) is 47.4. The molecule has 3 heterocycles. The predicted octanol–water partition coefficient (Wildman–Crippen LogP) is 1.75. The van der Waals surface area contributed by atoms with Crippen molar-refractivity contribution in [1.29, 1.82) is 0 Å². The van der Waals surface area contributed by atoms with E-state index >= 15 is 0 Å². The first-order chi connectivity index (χ1) is 6.57. The molecule has 0 aromatic carbocycles. The molecule has 3 saturated heterocycles. The third-order valence-corrected chi connectivity index (χ3v) is 4.39. The highest BCUT2D eigenvalue weighted by atomic mass is 15.3. The molecule has 0 saturated carbocycles. The Morgan fingerprint density at radius 1 is 0.929 bits per heavy atom. The summed E-state index contributed by atoms with van der Waals surface area (Å²) in [5.74, 6) is 0. The second kappa shape index (κ2) is 2.73. The van der Waals surface area contributed by atoms with Crippen LogP contribution in [0.4, 0.5) is 0 Å². The van der Waals surface area contributed by atoms with Crippen LogP contribution in [0.5, 0.6) is 0 Å². The Kier molecular flexibility index (Phi) is 1.79. The number of hydrogen-bond acceptors (Lipinski definition) is 2. The van der Waals surface area contributed by atoms with E-state index in [0.29, 0.717) is 5.54 Å². The Bertz CT molecular complexity index is 225. The quantitative estimate of drug-likeness (QED) is 0.632. The van der Waals surface area contributed by atoms with Crippen LogP contribution in [0.15, 0.2) is 0 Å². The van der Waals surface area contributed by atoms with Gasteiger partial charge in [0, 0.05) is 29.7 Å². The largest absolute Gasteiger partial charge is 0.308 e. The fourth-order valence-corrected chi connectivity index (χ4v) is 4.06. The molecule has 3 fully saturated rings. The van der Waals surface area contributed by atoms with Gasteiger partial charge in [-0.15, -0.1) is 0 Å². The number of hydrogen-bond donors (Lipinski definition) is 1. The van der Waals surface area contributed by atoms with Gasteiger partial charge in [-0.25, -0.2) is 0 Å². The second-order valence-electron chi connectivity index (χ2n) is 6.25. The molecule has 0 spiro atoms. The lowest BCUT2D eigenvalue weighted by Crippen LogP contribution is -2.63. The van der Waals surface area contributed by atoms with Crippen molar-refractivity contribution in [2.45, 2.75) is 76.2 Å². The summed E-state index contributed by atoms with van der Waals surface area (Å²) in [6.45, 7) is 7.13. The average Bonchev–Trinajstić information content (AvgIpc) is 2.55. The molecule has 4 unspecified atom stereocenters. The van der Waals surface area contributed by atoms with E-state index in [2.05, 4.69) is 31.0 Å². The van der Waals surface area contributed by atoms with Crippen molar-refractivity contribution in [2.24, 2.45) is 0 Å². The maximum absolute atomic E-state index is 3.81. The summed E-state index contributed by atoms with van der Waals surface area (Å²) in [6.07, 6.45) is 5.68. The average molecular weight is 194 g/mol. The third kappa shape index (κ3) is 1.10. The van der Waals surface area contributed by atoms with E-state index < -0.39 is 0 Å². The first-order valence-electron chi connectivity index (χ1n) is 6.12. The molecule has 0 aliphatic carbocycles. The molecule has 4 atom stereocenters. The molecule has 2 nitrogen and oxygen atoms in total. The first kappa shape index (κ1) is 9.17. The van der Waals surface area contributed by atoms with Gasteiger partial charge in [0.05, 0.1) is 0 Å². The van der Waals surface area contributed by atoms with Crippen molar-refractivity contribution < 1.29 is 0 Å². The molecule has 14 heavy (non-hydrogen) atoms. The summed E-state index contributed by atoms with van der Waals surface area (Å²) in [5, 5.41) is 3.81. The number of rotatable bonds is 0. The molecule has 3 aliphatic rings. The van der Waals surface area contributed by atoms with E-state index in [1.807, 2.05) is 0 Å². The first-order valence-corrected chi connectivity index (χ1v) is 6.12. The summed E-state index contributed by atoms with van der Waals surface area (Å²) >= 11 is 0. The monoisotopic (exact) mass is 194 g/mol. The lowest BCUT2D eigenvalue weighted by molar-refractivity contribution is 0.0264. The van der Waals surface area contributed by atoms with Crippen LogP contribution in [0.25, 0.3) is 0 Å². The van der Waals surface area contributed by atoms with Crippen molar-refractivity contribution in [3.63, 3.8) is 0 Å². The summed E-state index contributed by atoms with van der Waals surface area (Å²) in [4.78, 5) is 2.81. The van der Waals surface area contributed by atoms with Crippen LogP contribution in [0.3, 0.4) is 0 Å². The van der Waals surface area contributed by atoms with E-state index in [1.165, 1.54) is 25.7 Å². The number of nitrogens with zero attached hydrogens (tertiary/aromatic N) is 1. The maximum atomic E-state index is 3.81. The highest BCUT2D eigenvalue weighted by Crippen LogP contribution is 2.43. The fraction of sp³-hybridized carbons (Fsp3) is 1.00. The molecule has 80 valence electrons. The summed E-state index contributed by atoms with van der Waals surface area (Å²) in [6, 6.07) is 3.27. The fourth-order valence-electron chi connectivity index (χ4n) is 4.06. The van der Waals surface area contributed by atoms with Crippen LogP contribution < -0.4 is 5.32 Å². The topological polar surface area (TPSA) is 15.3 Å². The van der Waals surface area contributed by atoms with Gasteiger partial charge in [-0.2, -0.15) is 0 Å². The van der Waals surface area contributed by atoms with Gasteiger partial charge in [0.1, 0.15) is 0 Å². The highest BCUT2D eigenvalue weighted by Gasteiger charge is 2.53. The maximum Gasteiger partial charge on any atom is 0.0258 e. The molecular formula is C12H22N2. The number of nitrogens with one attached hydrogen (secondary N) is 1. The molecular weight excluding hydrogens is 172 g/mol. The lowest BCUT2D eigenvalue weighted by Gasteiger charge is -2.48. The Labute approximate surface area is 87.0 Å². The van der Waals surface area contributed by atoms with Gasteiger partial charge < -0.3 is 5.32 Å². The van der Waals surface area contributed by atoms with Crippen molar-refractivity contribution in [3.8, 4) is 0 Å². The standard InChI is InChI=1S/C12H22N2/c1-12(2,3)14-10-6-7-11(14)9-5-4-8(10)13-9/h8-11,13H,4-7H2,1-3H3. The van der Waals surface area contributed by atoms with E-state index in [0.717, 1.165) is 24.2 Å². The minimum absolute atomic E-state index is 0.370. The van der Waals surface area contributed by atoms with Crippen molar-refractivity contribution in [2.75, 3.05) is 0 Å². The SMILES string of the molecule is CC(C)(C)N1C2CCC1C1CCC2N1. The van der Waals surface area contributed by atoms with E-state index in [-0.39, 0.29) is 0 Å². The summed E-state index contributed by atoms with van der Waals surface area (Å²) in [5.41, 5.74) is 0.370. The van der Waals surface area contributed by atoms with Crippen LogP contribution in [0.1, 0.15) is 46.5 Å². The molecule has 2 heteroatoms. The molecule has 0 aromatic heterocycles. The van der Waals surface area contributed by atoms with Crippen LogP contribution >= 0.6 is 0 Å². The molecule has 0 radical (unpaired) electrons. The predicted molar refractivity (Wildman–Crippen MR) is 58.3 cm³/mol. The Morgan fingerprint density at radius 3 is 1.86 bits per heavy atom. The van der Waals surface area contributed by atoms with Gasteiger partial charge in [-0.1, -0.05) is 0 Å². The van der Waals surface area contributed by atoms with Gasteiger partial charge in [-0.05, 0) is 46.5 Å². The van der Waals surface area contributed by atoms with Crippen molar-refractivity contribution in [1.82, 2.24) is 10.2 Å². The van der Waals surface area contributed by atoms with Crippen LogP contribution in [-0.2, 0) is 0 Å². The van der Waals surface area contributed by atoms with Gasteiger partial charge in [0.15, 0.2) is 0 Å². The van der Waals surface area contributed by atoms with E-state index in [1.54, 1.807) is 0 Å². The Morgan fingerprint density at radius 2 is 1.43 bits per heavy atom. The smallest absolute Gasteiger partial charge is 0.0258 e. The van der Waals surface area contributed by atoms with E-state index in [4.69, 9.17) is 0 Å². The molecule has 1 N–H and O–H groups in total. The Hall–Kier alpha value is -0.0800. The van der Waals surface area contributed by atoms with Gasteiger partial charge in [0.2, 0.25) is 0 Å². The van der Waals surface area contributed by atoms with E-state index in [9.17, 15) is 0 Å². The summed E-state index contributed by atoms with van der Waals surface area (Å²) in [7, 11) is 0. The molecule has 0 amide bonds. The lowest BCUT2D eigenvalue weighted by atomic mass is 9.97. The summed E-state index contributed by atoms with van der Waals surface area (Å²) < 4.78 is 0.